The van der Waals surface area contributed by atoms with Crippen molar-refractivity contribution in [3.8, 4) is 11.5 Å². The topological polar surface area (TPSA) is 93.9 Å². The number of carbonyl (C=O) groups is 2. The Labute approximate surface area is 211 Å². The SMILES string of the molecule is CC(C)(C)CC(=O)N(Cc1cc(NC(=O)c2ccc3c(c2)OCO3)ccc1Cl)C1CCCCC1N. The second-order valence-electron chi connectivity index (χ2n) is 10.6. The van der Waals surface area contributed by atoms with Gasteiger partial charge in [-0.1, -0.05) is 45.2 Å². The largest absolute Gasteiger partial charge is 0.454 e. The quantitative estimate of drug-likeness (QED) is 0.558. The Morgan fingerprint density at radius 3 is 2.57 bits per heavy atom. The Morgan fingerprint density at radius 2 is 1.83 bits per heavy atom. The number of carbonyl (C=O) groups excluding carboxylic acids is 2. The first-order valence-electron chi connectivity index (χ1n) is 12.2. The zero-order chi connectivity index (χ0) is 25.2. The average Bonchev–Trinajstić information content (AvgIpc) is 3.27. The van der Waals surface area contributed by atoms with E-state index in [1.165, 1.54) is 0 Å². The first kappa shape index (κ1) is 25.3. The van der Waals surface area contributed by atoms with Gasteiger partial charge in [-0.2, -0.15) is 0 Å². The molecule has 8 heteroatoms. The van der Waals surface area contributed by atoms with Gasteiger partial charge in [0, 0.05) is 41.3 Å². The van der Waals surface area contributed by atoms with Crippen molar-refractivity contribution in [2.45, 2.75) is 71.5 Å². The second-order valence-corrected chi connectivity index (χ2v) is 11.0. The summed E-state index contributed by atoms with van der Waals surface area (Å²) in [6.07, 6.45) is 4.35. The predicted octanol–water partition coefficient (Wildman–Crippen LogP) is 5.36. The number of hydrogen-bond acceptors (Lipinski definition) is 5. The molecule has 1 heterocycles. The van der Waals surface area contributed by atoms with Crippen LogP contribution in [0.15, 0.2) is 36.4 Å². The Morgan fingerprint density at radius 1 is 1.09 bits per heavy atom. The van der Waals surface area contributed by atoms with Crippen LogP contribution in [0.25, 0.3) is 0 Å². The lowest BCUT2D eigenvalue weighted by Crippen LogP contribution is -2.52. The van der Waals surface area contributed by atoms with Gasteiger partial charge in [-0.15, -0.1) is 0 Å². The van der Waals surface area contributed by atoms with E-state index in [1.807, 2.05) is 11.0 Å². The summed E-state index contributed by atoms with van der Waals surface area (Å²) in [5, 5.41) is 3.47. The number of anilines is 1. The fraction of sp³-hybridized carbons (Fsp3) is 0.481. The number of halogens is 1. The lowest BCUT2D eigenvalue weighted by atomic mass is 9.87. The highest BCUT2D eigenvalue weighted by molar-refractivity contribution is 6.31. The molecule has 2 aromatic rings. The molecule has 1 fully saturated rings. The molecule has 2 aromatic carbocycles. The molecule has 2 atom stereocenters. The summed E-state index contributed by atoms with van der Waals surface area (Å²) in [7, 11) is 0. The van der Waals surface area contributed by atoms with Crippen LogP contribution < -0.4 is 20.5 Å². The predicted molar refractivity (Wildman–Crippen MR) is 137 cm³/mol. The van der Waals surface area contributed by atoms with Crippen LogP contribution in [0.3, 0.4) is 0 Å². The maximum atomic E-state index is 13.4. The number of amides is 2. The van der Waals surface area contributed by atoms with Crippen molar-refractivity contribution < 1.29 is 19.1 Å². The van der Waals surface area contributed by atoms with Gasteiger partial charge < -0.3 is 25.4 Å². The molecule has 0 radical (unpaired) electrons. The van der Waals surface area contributed by atoms with E-state index in [0.29, 0.717) is 40.7 Å². The summed E-state index contributed by atoms with van der Waals surface area (Å²) in [5.41, 5.74) is 8.16. The molecule has 4 rings (SSSR count). The van der Waals surface area contributed by atoms with E-state index < -0.39 is 0 Å². The Balaban J connectivity index is 1.54. The third-order valence-corrected chi connectivity index (χ3v) is 6.83. The number of ether oxygens (including phenoxy) is 2. The van der Waals surface area contributed by atoms with Crippen molar-refractivity contribution in [3.05, 3.63) is 52.5 Å². The van der Waals surface area contributed by atoms with Gasteiger partial charge in [0.05, 0.1) is 0 Å². The van der Waals surface area contributed by atoms with Crippen LogP contribution in [0.2, 0.25) is 5.02 Å². The van der Waals surface area contributed by atoms with Crippen molar-refractivity contribution in [2.75, 3.05) is 12.1 Å². The normalized spacial score (nSPS) is 19.3. The van der Waals surface area contributed by atoms with Crippen LogP contribution in [-0.2, 0) is 11.3 Å². The molecule has 3 N–H and O–H groups in total. The molecular formula is C27H34ClN3O4. The summed E-state index contributed by atoms with van der Waals surface area (Å²) in [4.78, 5) is 28.2. The van der Waals surface area contributed by atoms with Crippen molar-refractivity contribution in [3.63, 3.8) is 0 Å². The van der Waals surface area contributed by atoms with Crippen LogP contribution in [0.5, 0.6) is 11.5 Å². The maximum absolute atomic E-state index is 13.4. The highest BCUT2D eigenvalue weighted by Gasteiger charge is 2.33. The van der Waals surface area contributed by atoms with E-state index in [4.69, 9.17) is 26.8 Å². The fourth-order valence-corrected chi connectivity index (χ4v) is 4.85. The summed E-state index contributed by atoms with van der Waals surface area (Å²) < 4.78 is 10.7. The van der Waals surface area contributed by atoms with Crippen LogP contribution in [0.4, 0.5) is 5.69 Å². The van der Waals surface area contributed by atoms with Crippen LogP contribution >= 0.6 is 11.6 Å². The van der Waals surface area contributed by atoms with Crippen molar-refractivity contribution in [2.24, 2.45) is 11.1 Å². The van der Waals surface area contributed by atoms with E-state index in [2.05, 4.69) is 26.1 Å². The third kappa shape index (κ3) is 6.27. The zero-order valence-electron chi connectivity index (χ0n) is 20.6. The summed E-state index contributed by atoms with van der Waals surface area (Å²) in [6.45, 7) is 6.67. The zero-order valence-corrected chi connectivity index (χ0v) is 21.4. The molecule has 2 aliphatic rings. The number of rotatable bonds is 6. The number of benzene rings is 2. The molecule has 0 aromatic heterocycles. The minimum atomic E-state index is -0.272. The number of nitrogens with one attached hydrogen (secondary N) is 1. The van der Waals surface area contributed by atoms with E-state index in [1.54, 1.807) is 30.3 Å². The minimum absolute atomic E-state index is 0.0263. The number of nitrogens with two attached hydrogens (primary N) is 1. The van der Waals surface area contributed by atoms with E-state index >= 15 is 0 Å². The highest BCUT2D eigenvalue weighted by Crippen LogP contribution is 2.33. The molecular weight excluding hydrogens is 466 g/mol. The van der Waals surface area contributed by atoms with Gasteiger partial charge in [0.25, 0.3) is 5.91 Å². The molecule has 0 bridgehead atoms. The molecule has 188 valence electrons. The first-order valence-corrected chi connectivity index (χ1v) is 12.5. The standard InChI is InChI=1S/C27H34ClN3O4/c1-27(2,3)14-25(32)31(22-7-5-4-6-21(22)29)15-18-12-19(9-10-20(18)28)30-26(33)17-8-11-23-24(13-17)35-16-34-23/h8-13,21-22H,4-7,14-16,29H2,1-3H3,(H,30,33). The van der Waals surface area contributed by atoms with Gasteiger partial charge in [0.15, 0.2) is 11.5 Å². The summed E-state index contributed by atoms with van der Waals surface area (Å²) in [6, 6.07) is 10.3. The molecule has 35 heavy (non-hydrogen) atoms. The molecule has 1 saturated carbocycles. The van der Waals surface area contributed by atoms with Crippen LogP contribution in [0.1, 0.15) is 68.8 Å². The number of hydrogen-bond donors (Lipinski definition) is 2. The molecule has 1 aliphatic carbocycles. The van der Waals surface area contributed by atoms with Crippen LogP contribution in [0, 0.1) is 5.41 Å². The summed E-state index contributed by atoms with van der Waals surface area (Å²) >= 11 is 6.56. The summed E-state index contributed by atoms with van der Waals surface area (Å²) in [5.74, 6) is 0.972. The average molecular weight is 500 g/mol. The van der Waals surface area contributed by atoms with Crippen LogP contribution in [-0.4, -0.2) is 35.6 Å². The lowest BCUT2D eigenvalue weighted by molar-refractivity contribution is -0.137. The molecule has 7 nitrogen and oxygen atoms in total. The van der Waals surface area contributed by atoms with Gasteiger partial charge in [-0.05, 0) is 60.2 Å². The van der Waals surface area contributed by atoms with Gasteiger partial charge in [0.2, 0.25) is 12.7 Å². The van der Waals surface area contributed by atoms with Crippen molar-refractivity contribution in [1.29, 1.82) is 0 Å². The molecule has 0 saturated heterocycles. The smallest absolute Gasteiger partial charge is 0.255 e. The van der Waals surface area contributed by atoms with E-state index in [-0.39, 0.29) is 36.1 Å². The van der Waals surface area contributed by atoms with Gasteiger partial charge >= 0.3 is 0 Å². The van der Waals surface area contributed by atoms with Gasteiger partial charge in [-0.3, -0.25) is 9.59 Å². The molecule has 2 unspecified atom stereocenters. The Kier molecular flexibility index (Phi) is 7.57. The molecule has 2 amide bonds. The monoisotopic (exact) mass is 499 g/mol. The number of nitrogens with zero attached hydrogens (tertiary/aromatic N) is 1. The van der Waals surface area contributed by atoms with Gasteiger partial charge in [-0.25, -0.2) is 0 Å². The minimum Gasteiger partial charge on any atom is -0.454 e. The third-order valence-electron chi connectivity index (χ3n) is 6.46. The maximum Gasteiger partial charge on any atom is 0.255 e. The Bertz CT molecular complexity index is 1100. The van der Waals surface area contributed by atoms with Gasteiger partial charge in [0.1, 0.15) is 0 Å². The number of fused-ring (bicyclic) bond motifs is 1. The van der Waals surface area contributed by atoms with E-state index in [0.717, 1.165) is 31.2 Å². The lowest BCUT2D eigenvalue weighted by Gasteiger charge is -2.39. The molecule has 0 spiro atoms. The second kappa shape index (κ2) is 10.5. The van der Waals surface area contributed by atoms with E-state index in [9.17, 15) is 9.59 Å². The first-order chi connectivity index (χ1) is 16.6. The van der Waals surface area contributed by atoms with Crippen molar-refractivity contribution >= 4 is 29.1 Å². The van der Waals surface area contributed by atoms with Crippen molar-refractivity contribution in [1.82, 2.24) is 4.90 Å². The Hall–Kier alpha value is -2.77. The fourth-order valence-electron chi connectivity index (χ4n) is 4.67. The molecule has 1 aliphatic heterocycles. The highest BCUT2D eigenvalue weighted by atomic mass is 35.5.